The van der Waals surface area contributed by atoms with Crippen LogP contribution in [0.3, 0.4) is 0 Å². The van der Waals surface area contributed by atoms with Gasteiger partial charge in [-0.1, -0.05) is 6.92 Å². The highest BCUT2D eigenvalue weighted by Gasteiger charge is 2.42. The lowest BCUT2D eigenvalue weighted by atomic mass is 9.93. The van der Waals surface area contributed by atoms with Gasteiger partial charge in [-0.15, -0.1) is 11.3 Å². The Morgan fingerprint density at radius 2 is 2.41 bits per heavy atom. The molecular weight excluding hydrogens is 296 g/mol. The van der Waals surface area contributed by atoms with Crippen molar-refractivity contribution in [3.8, 4) is 0 Å². The van der Waals surface area contributed by atoms with Gasteiger partial charge in [-0.2, -0.15) is 0 Å². The van der Waals surface area contributed by atoms with Gasteiger partial charge in [0.2, 0.25) is 0 Å². The molecule has 94 valence electrons. The first-order chi connectivity index (χ1) is 8.28. The standard InChI is InChI=1S/C13H19BrN2S/c1-2-12-11-5-15-4-10(11)7-16(12)6-9-3-13(14)17-8-9/h3,8,10-12,15H,2,4-7H2,1H3. The highest BCUT2D eigenvalue weighted by molar-refractivity contribution is 9.11. The first-order valence-electron chi connectivity index (χ1n) is 6.45. The molecule has 3 unspecified atom stereocenters. The summed E-state index contributed by atoms with van der Waals surface area (Å²) in [5, 5.41) is 5.83. The molecule has 0 bridgehead atoms. The molecule has 2 saturated heterocycles. The van der Waals surface area contributed by atoms with Crippen LogP contribution in [-0.2, 0) is 6.54 Å². The second-order valence-electron chi connectivity index (χ2n) is 5.25. The molecular formula is C13H19BrN2S. The largest absolute Gasteiger partial charge is 0.316 e. The van der Waals surface area contributed by atoms with Crippen molar-refractivity contribution < 1.29 is 0 Å². The average Bonchev–Trinajstić information content (AvgIpc) is 2.95. The van der Waals surface area contributed by atoms with E-state index in [0.29, 0.717) is 0 Å². The van der Waals surface area contributed by atoms with E-state index in [0.717, 1.165) is 24.4 Å². The van der Waals surface area contributed by atoms with E-state index < -0.39 is 0 Å². The predicted molar refractivity (Wildman–Crippen MR) is 76.4 cm³/mol. The van der Waals surface area contributed by atoms with E-state index in [-0.39, 0.29) is 0 Å². The molecule has 3 atom stereocenters. The van der Waals surface area contributed by atoms with Crippen LogP contribution in [0.4, 0.5) is 0 Å². The number of likely N-dealkylation sites (tertiary alicyclic amines) is 1. The zero-order chi connectivity index (χ0) is 11.8. The SMILES string of the molecule is CCC1C2CNCC2CN1Cc1csc(Br)c1. The van der Waals surface area contributed by atoms with E-state index in [1.165, 1.54) is 35.4 Å². The van der Waals surface area contributed by atoms with Gasteiger partial charge in [0.05, 0.1) is 3.79 Å². The predicted octanol–water partition coefficient (Wildman–Crippen LogP) is 2.94. The molecule has 2 aliphatic rings. The number of hydrogen-bond donors (Lipinski definition) is 1. The van der Waals surface area contributed by atoms with Gasteiger partial charge >= 0.3 is 0 Å². The molecule has 3 heterocycles. The van der Waals surface area contributed by atoms with E-state index in [4.69, 9.17) is 0 Å². The summed E-state index contributed by atoms with van der Waals surface area (Å²) in [6.45, 7) is 7.21. The Labute approximate surface area is 116 Å². The summed E-state index contributed by atoms with van der Waals surface area (Å²) >= 11 is 5.35. The topological polar surface area (TPSA) is 15.3 Å². The van der Waals surface area contributed by atoms with Crippen molar-refractivity contribution in [2.75, 3.05) is 19.6 Å². The normalized spacial score (nSPS) is 33.2. The van der Waals surface area contributed by atoms with Gasteiger partial charge in [0.1, 0.15) is 0 Å². The molecule has 2 aliphatic heterocycles. The second-order valence-corrected chi connectivity index (χ2v) is 7.54. The maximum atomic E-state index is 3.55. The molecule has 3 rings (SSSR count). The number of nitrogens with zero attached hydrogens (tertiary/aromatic N) is 1. The van der Waals surface area contributed by atoms with Gasteiger partial charge in [-0.3, -0.25) is 4.90 Å². The lowest BCUT2D eigenvalue weighted by molar-refractivity contribution is 0.210. The van der Waals surface area contributed by atoms with Gasteiger partial charge in [-0.05, 0) is 64.3 Å². The maximum Gasteiger partial charge on any atom is 0.0701 e. The Hall–Kier alpha value is 0.100. The summed E-state index contributed by atoms with van der Waals surface area (Å²) in [5.74, 6) is 1.78. The van der Waals surface area contributed by atoms with Crippen LogP contribution in [0.15, 0.2) is 15.2 Å². The molecule has 0 aromatic carbocycles. The van der Waals surface area contributed by atoms with Gasteiger partial charge in [-0.25, -0.2) is 0 Å². The monoisotopic (exact) mass is 314 g/mol. The molecule has 17 heavy (non-hydrogen) atoms. The van der Waals surface area contributed by atoms with Crippen LogP contribution in [0.1, 0.15) is 18.9 Å². The number of rotatable bonds is 3. The summed E-state index contributed by atoms with van der Waals surface area (Å²) < 4.78 is 1.25. The zero-order valence-corrected chi connectivity index (χ0v) is 12.6. The van der Waals surface area contributed by atoms with Crippen molar-refractivity contribution in [1.82, 2.24) is 10.2 Å². The van der Waals surface area contributed by atoms with Gasteiger partial charge in [0.25, 0.3) is 0 Å². The van der Waals surface area contributed by atoms with Crippen molar-refractivity contribution in [3.05, 3.63) is 20.8 Å². The number of fused-ring (bicyclic) bond motifs is 1. The molecule has 0 amide bonds. The number of halogens is 1. The summed E-state index contributed by atoms with van der Waals surface area (Å²) in [5.41, 5.74) is 1.47. The molecule has 1 aromatic rings. The van der Waals surface area contributed by atoms with Crippen LogP contribution in [0.5, 0.6) is 0 Å². The molecule has 4 heteroatoms. The lowest BCUT2D eigenvalue weighted by Crippen LogP contribution is -2.34. The van der Waals surface area contributed by atoms with E-state index in [1.54, 1.807) is 11.3 Å². The van der Waals surface area contributed by atoms with E-state index in [1.807, 2.05) is 0 Å². The summed E-state index contributed by atoms with van der Waals surface area (Å²) in [7, 11) is 0. The molecule has 0 radical (unpaired) electrons. The van der Waals surface area contributed by atoms with Crippen molar-refractivity contribution in [2.45, 2.75) is 25.9 Å². The molecule has 2 nitrogen and oxygen atoms in total. The van der Waals surface area contributed by atoms with Crippen LogP contribution in [0.25, 0.3) is 0 Å². The zero-order valence-electron chi connectivity index (χ0n) is 10.2. The molecule has 0 spiro atoms. The van der Waals surface area contributed by atoms with Crippen molar-refractivity contribution in [3.63, 3.8) is 0 Å². The fourth-order valence-corrected chi connectivity index (χ4v) is 4.72. The third-order valence-electron chi connectivity index (χ3n) is 4.25. The third-order valence-corrected chi connectivity index (χ3v) is 5.80. The van der Waals surface area contributed by atoms with Crippen LogP contribution in [-0.4, -0.2) is 30.6 Å². The summed E-state index contributed by atoms with van der Waals surface area (Å²) in [6.07, 6.45) is 1.29. The molecule has 0 aliphatic carbocycles. The molecule has 2 fully saturated rings. The lowest BCUT2D eigenvalue weighted by Gasteiger charge is -2.26. The summed E-state index contributed by atoms with van der Waals surface area (Å²) in [4.78, 5) is 2.70. The van der Waals surface area contributed by atoms with Crippen LogP contribution >= 0.6 is 27.3 Å². The highest BCUT2D eigenvalue weighted by Crippen LogP contribution is 2.35. The Kier molecular flexibility index (Phi) is 3.57. The highest BCUT2D eigenvalue weighted by atomic mass is 79.9. The van der Waals surface area contributed by atoms with Gasteiger partial charge in [0.15, 0.2) is 0 Å². The number of hydrogen-bond acceptors (Lipinski definition) is 3. The van der Waals surface area contributed by atoms with Crippen molar-refractivity contribution in [1.29, 1.82) is 0 Å². The van der Waals surface area contributed by atoms with E-state index >= 15 is 0 Å². The van der Waals surface area contributed by atoms with Crippen LogP contribution < -0.4 is 5.32 Å². The number of thiophene rings is 1. The Morgan fingerprint density at radius 3 is 3.12 bits per heavy atom. The molecule has 1 aromatic heterocycles. The van der Waals surface area contributed by atoms with Crippen molar-refractivity contribution >= 4 is 27.3 Å². The Balaban J connectivity index is 1.71. The average molecular weight is 315 g/mol. The maximum absolute atomic E-state index is 3.55. The van der Waals surface area contributed by atoms with Crippen LogP contribution in [0.2, 0.25) is 0 Å². The fraction of sp³-hybridized carbons (Fsp3) is 0.692. The molecule has 1 N–H and O–H groups in total. The Morgan fingerprint density at radius 1 is 1.53 bits per heavy atom. The minimum atomic E-state index is 0.786. The van der Waals surface area contributed by atoms with Gasteiger partial charge in [0, 0.05) is 19.1 Å². The quantitative estimate of drug-likeness (QED) is 0.922. The van der Waals surface area contributed by atoms with Crippen LogP contribution in [0, 0.1) is 11.8 Å². The Bertz CT molecular complexity index is 393. The van der Waals surface area contributed by atoms with E-state index in [2.05, 4.69) is 44.5 Å². The minimum absolute atomic E-state index is 0.786. The molecule has 0 saturated carbocycles. The van der Waals surface area contributed by atoms with E-state index in [9.17, 15) is 0 Å². The smallest absolute Gasteiger partial charge is 0.0701 e. The first-order valence-corrected chi connectivity index (χ1v) is 8.13. The fourth-order valence-electron chi connectivity index (χ4n) is 3.52. The third kappa shape index (κ3) is 2.33. The number of nitrogens with one attached hydrogen (secondary N) is 1. The summed E-state index contributed by atoms with van der Waals surface area (Å²) in [6, 6.07) is 3.05. The first kappa shape index (κ1) is 12.2. The van der Waals surface area contributed by atoms with Crippen molar-refractivity contribution in [2.24, 2.45) is 11.8 Å². The van der Waals surface area contributed by atoms with Gasteiger partial charge < -0.3 is 5.32 Å². The second kappa shape index (κ2) is 5.00. The minimum Gasteiger partial charge on any atom is -0.316 e.